The highest BCUT2D eigenvalue weighted by Crippen LogP contribution is 2.28. The van der Waals surface area contributed by atoms with Gasteiger partial charge < -0.3 is 5.11 Å². The van der Waals surface area contributed by atoms with Gasteiger partial charge >= 0.3 is 0 Å². The molecule has 0 amide bonds. The maximum absolute atomic E-state index is 9.64. The third-order valence-electron chi connectivity index (χ3n) is 2.30. The summed E-state index contributed by atoms with van der Waals surface area (Å²) in [5.74, 6) is 0.370. The summed E-state index contributed by atoms with van der Waals surface area (Å²) in [4.78, 5) is 0. The summed E-state index contributed by atoms with van der Waals surface area (Å²) < 4.78 is 0. The zero-order valence-corrected chi connectivity index (χ0v) is 7.83. The molecule has 1 heteroatoms. The first-order valence-corrected chi connectivity index (χ1v) is 4.37. The number of hydrogen-bond donors (Lipinski definition) is 1. The first kappa shape index (κ1) is 8.11. The van der Waals surface area contributed by atoms with Crippen molar-refractivity contribution in [1.82, 2.24) is 0 Å². The van der Waals surface area contributed by atoms with Crippen LogP contribution in [0.1, 0.15) is 11.1 Å². The molecule has 2 rings (SSSR count). The van der Waals surface area contributed by atoms with Crippen LogP contribution in [0.5, 0.6) is 5.75 Å². The Hall–Kier alpha value is -1.50. The molecule has 0 aromatic heterocycles. The first-order valence-electron chi connectivity index (χ1n) is 4.37. The van der Waals surface area contributed by atoms with Crippen molar-refractivity contribution in [3.8, 4) is 5.75 Å². The van der Waals surface area contributed by atoms with Gasteiger partial charge in [0, 0.05) is 5.39 Å². The van der Waals surface area contributed by atoms with Crippen molar-refractivity contribution < 1.29 is 5.11 Å². The van der Waals surface area contributed by atoms with E-state index in [0.717, 1.165) is 16.3 Å². The van der Waals surface area contributed by atoms with Gasteiger partial charge in [-0.2, -0.15) is 0 Å². The normalized spacial score (nSPS) is 10.6. The highest BCUT2D eigenvalue weighted by atomic mass is 16.3. The van der Waals surface area contributed by atoms with Crippen LogP contribution in [0.2, 0.25) is 0 Å². The SMILES string of the molecule is Cc1cc(C)c2c(O)cccc2c1. The molecular formula is C12H12O. The second-order valence-corrected chi connectivity index (χ2v) is 3.46. The van der Waals surface area contributed by atoms with Gasteiger partial charge in [0.1, 0.15) is 5.75 Å². The summed E-state index contributed by atoms with van der Waals surface area (Å²) in [6.07, 6.45) is 0. The second-order valence-electron chi connectivity index (χ2n) is 3.46. The third kappa shape index (κ3) is 1.26. The van der Waals surface area contributed by atoms with Crippen LogP contribution < -0.4 is 0 Å². The molecule has 13 heavy (non-hydrogen) atoms. The molecule has 2 aromatic carbocycles. The Labute approximate surface area is 77.6 Å². The van der Waals surface area contributed by atoms with E-state index in [4.69, 9.17) is 0 Å². The molecule has 0 heterocycles. The lowest BCUT2D eigenvalue weighted by Crippen LogP contribution is -1.81. The van der Waals surface area contributed by atoms with E-state index in [1.54, 1.807) is 6.07 Å². The fourth-order valence-corrected chi connectivity index (χ4v) is 1.81. The average Bonchev–Trinajstić information content (AvgIpc) is 2.02. The van der Waals surface area contributed by atoms with E-state index in [1.807, 2.05) is 19.1 Å². The van der Waals surface area contributed by atoms with E-state index in [2.05, 4.69) is 19.1 Å². The van der Waals surface area contributed by atoms with Gasteiger partial charge in [-0.15, -0.1) is 0 Å². The minimum Gasteiger partial charge on any atom is -0.507 e. The fourth-order valence-electron chi connectivity index (χ4n) is 1.81. The summed E-state index contributed by atoms with van der Waals surface area (Å²) in [5, 5.41) is 11.7. The number of fused-ring (bicyclic) bond motifs is 1. The maximum atomic E-state index is 9.64. The lowest BCUT2D eigenvalue weighted by atomic mass is 10.0. The van der Waals surface area contributed by atoms with E-state index in [0.29, 0.717) is 5.75 Å². The molecule has 0 saturated carbocycles. The lowest BCUT2D eigenvalue weighted by molar-refractivity contribution is 0.481. The third-order valence-corrected chi connectivity index (χ3v) is 2.30. The Bertz CT molecular complexity index is 458. The van der Waals surface area contributed by atoms with Crippen LogP contribution >= 0.6 is 0 Å². The van der Waals surface area contributed by atoms with Gasteiger partial charge in [0.15, 0.2) is 0 Å². The molecule has 0 saturated heterocycles. The number of rotatable bonds is 0. The number of hydrogen-bond acceptors (Lipinski definition) is 1. The van der Waals surface area contributed by atoms with Crippen molar-refractivity contribution in [2.75, 3.05) is 0 Å². The summed E-state index contributed by atoms with van der Waals surface area (Å²) in [6, 6.07) is 9.79. The standard InChI is InChI=1S/C12H12O/c1-8-6-9(2)12-10(7-8)4-3-5-11(12)13/h3-7,13H,1-2H3. The molecule has 0 atom stereocenters. The Kier molecular flexibility index (Phi) is 1.73. The number of benzene rings is 2. The van der Waals surface area contributed by atoms with Gasteiger partial charge in [0.25, 0.3) is 0 Å². The summed E-state index contributed by atoms with van der Waals surface area (Å²) in [6.45, 7) is 4.09. The quantitative estimate of drug-likeness (QED) is 0.647. The summed E-state index contributed by atoms with van der Waals surface area (Å²) in [7, 11) is 0. The van der Waals surface area contributed by atoms with E-state index < -0.39 is 0 Å². The molecule has 2 aromatic rings. The Balaban J connectivity index is 2.94. The Morgan fingerprint density at radius 1 is 1.08 bits per heavy atom. The number of phenolic OH excluding ortho intramolecular Hbond substituents is 1. The van der Waals surface area contributed by atoms with Gasteiger partial charge in [-0.25, -0.2) is 0 Å². The maximum Gasteiger partial charge on any atom is 0.123 e. The molecule has 0 aliphatic heterocycles. The molecule has 0 radical (unpaired) electrons. The Morgan fingerprint density at radius 3 is 2.62 bits per heavy atom. The fraction of sp³-hybridized carbons (Fsp3) is 0.167. The van der Waals surface area contributed by atoms with Crippen LogP contribution in [0.3, 0.4) is 0 Å². The van der Waals surface area contributed by atoms with Crippen LogP contribution in [0.15, 0.2) is 30.3 Å². The predicted octanol–water partition coefficient (Wildman–Crippen LogP) is 3.16. The number of aryl methyl sites for hydroxylation is 2. The van der Waals surface area contributed by atoms with Crippen molar-refractivity contribution in [1.29, 1.82) is 0 Å². The van der Waals surface area contributed by atoms with Crippen LogP contribution in [0.4, 0.5) is 0 Å². The number of phenols is 1. The Morgan fingerprint density at radius 2 is 1.85 bits per heavy atom. The van der Waals surface area contributed by atoms with Crippen molar-refractivity contribution >= 4 is 10.8 Å². The van der Waals surface area contributed by atoms with Crippen LogP contribution in [-0.4, -0.2) is 5.11 Å². The molecule has 0 unspecified atom stereocenters. The molecule has 0 fully saturated rings. The van der Waals surface area contributed by atoms with Crippen molar-refractivity contribution in [2.45, 2.75) is 13.8 Å². The number of aromatic hydroxyl groups is 1. The van der Waals surface area contributed by atoms with Gasteiger partial charge in [-0.3, -0.25) is 0 Å². The molecule has 0 aliphatic rings. The van der Waals surface area contributed by atoms with Gasteiger partial charge in [0.05, 0.1) is 0 Å². The molecule has 66 valence electrons. The highest BCUT2D eigenvalue weighted by Gasteiger charge is 2.02. The summed E-state index contributed by atoms with van der Waals surface area (Å²) in [5.41, 5.74) is 2.36. The zero-order chi connectivity index (χ0) is 9.42. The summed E-state index contributed by atoms with van der Waals surface area (Å²) >= 11 is 0. The predicted molar refractivity (Wildman–Crippen MR) is 55.1 cm³/mol. The molecule has 0 spiro atoms. The lowest BCUT2D eigenvalue weighted by Gasteiger charge is -2.05. The van der Waals surface area contributed by atoms with E-state index in [-0.39, 0.29) is 0 Å². The molecule has 0 aliphatic carbocycles. The molecule has 1 N–H and O–H groups in total. The van der Waals surface area contributed by atoms with E-state index in [1.165, 1.54) is 5.56 Å². The van der Waals surface area contributed by atoms with Crippen LogP contribution in [-0.2, 0) is 0 Å². The molecule has 0 bridgehead atoms. The zero-order valence-electron chi connectivity index (χ0n) is 7.83. The van der Waals surface area contributed by atoms with Crippen molar-refractivity contribution in [3.05, 3.63) is 41.5 Å². The van der Waals surface area contributed by atoms with Crippen molar-refractivity contribution in [3.63, 3.8) is 0 Å². The van der Waals surface area contributed by atoms with Gasteiger partial charge in [-0.05, 0) is 30.9 Å². The van der Waals surface area contributed by atoms with Crippen LogP contribution in [0.25, 0.3) is 10.8 Å². The topological polar surface area (TPSA) is 20.2 Å². The molecule has 1 nitrogen and oxygen atoms in total. The van der Waals surface area contributed by atoms with Crippen molar-refractivity contribution in [2.24, 2.45) is 0 Å². The average molecular weight is 172 g/mol. The molecular weight excluding hydrogens is 160 g/mol. The first-order chi connectivity index (χ1) is 6.18. The minimum absolute atomic E-state index is 0.370. The van der Waals surface area contributed by atoms with Gasteiger partial charge in [0.2, 0.25) is 0 Å². The monoisotopic (exact) mass is 172 g/mol. The van der Waals surface area contributed by atoms with E-state index in [9.17, 15) is 5.11 Å². The minimum atomic E-state index is 0.370. The smallest absolute Gasteiger partial charge is 0.123 e. The highest BCUT2D eigenvalue weighted by molar-refractivity contribution is 5.91. The van der Waals surface area contributed by atoms with Crippen LogP contribution in [0, 0.1) is 13.8 Å². The second kappa shape index (κ2) is 2.77. The van der Waals surface area contributed by atoms with E-state index >= 15 is 0 Å². The largest absolute Gasteiger partial charge is 0.507 e. The van der Waals surface area contributed by atoms with Gasteiger partial charge in [-0.1, -0.05) is 29.8 Å².